The van der Waals surface area contributed by atoms with Gasteiger partial charge in [0.2, 0.25) is 0 Å². The van der Waals surface area contributed by atoms with E-state index < -0.39 is 0 Å². The average Bonchev–Trinajstić information content (AvgIpc) is 2.59. The fraction of sp³-hybridized carbons (Fsp3) is 0.455. The highest BCUT2D eigenvalue weighted by atomic mass is 15.2. The molecular weight excluding hydrogens is 188 g/mol. The van der Waals surface area contributed by atoms with Gasteiger partial charge in [-0.15, -0.1) is 0 Å². The molecule has 2 rings (SSSR count). The van der Waals surface area contributed by atoms with Crippen LogP contribution in [0.1, 0.15) is 12.6 Å². The maximum atomic E-state index is 8.94. The Kier molecular flexibility index (Phi) is 2.57. The van der Waals surface area contributed by atoms with Crippen molar-refractivity contribution in [1.29, 1.82) is 5.26 Å². The molecular formula is C11H14N4. The summed E-state index contributed by atoms with van der Waals surface area (Å²) >= 11 is 0. The predicted octanol–water partition coefficient (Wildman–Crippen LogP) is 0.737. The van der Waals surface area contributed by atoms with Crippen LogP contribution in [0.4, 0.5) is 5.69 Å². The van der Waals surface area contributed by atoms with E-state index in [0.717, 1.165) is 18.8 Å². The van der Waals surface area contributed by atoms with Gasteiger partial charge in [-0.2, -0.15) is 5.26 Å². The van der Waals surface area contributed by atoms with Gasteiger partial charge in [0, 0.05) is 25.3 Å². The molecule has 0 saturated carbocycles. The minimum absolute atomic E-state index is 0.191. The quantitative estimate of drug-likeness (QED) is 0.729. The molecule has 1 aromatic heterocycles. The molecule has 15 heavy (non-hydrogen) atoms. The van der Waals surface area contributed by atoms with Crippen LogP contribution in [0.15, 0.2) is 18.3 Å². The zero-order chi connectivity index (χ0) is 10.8. The first-order chi connectivity index (χ1) is 7.22. The maximum absolute atomic E-state index is 8.94. The van der Waals surface area contributed by atoms with Gasteiger partial charge in [0.1, 0.15) is 6.07 Å². The van der Waals surface area contributed by atoms with Crippen LogP contribution in [0.5, 0.6) is 0 Å². The van der Waals surface area contributed by atoms with Gasteiger partial charge in [-0.25, -0.2) is 4.98 Å². The van der Waals surface area contributed by atoms with Gasteiger partial charge in [0.15, 0.2) is 5.69 Å². The van der Waals surface area contributed by atoms with E-state index in [4.69, 9.17) is 11.0 Å². The molecule has 2 unspecified atom stereocenters. The summed E-state index contributed by atoms with van der Waals surface area (Å²) in [5.74, 6) is 0.469. The topological polar surface area (TPSA) is 65.9 Å². The third kappa shape index (κ3) is 1.79. The Balaban J connectivity index is 2.28. The number of aromatic nitrogens is 1. The number of pyridine rings is 1. The zero-order valence-electron chi connectivity index (χ0n) is 8.72. The summed E-state index contributed by atoms with van der Waals surface area (Å²) in [6, 6.07) is 6.08. The van der Waals surface area contributed by atoms with E-state index in [-0.39, 0.29) is 6.04 Å². The highest BCUT2D eigenvalue weighted by molar-refractivity contribution is 5.56. The van der Waals surface area contributed by atoms with Gasteiger partial charge in [-0.3, -0.25) is 0 Å². The Hall–Kier alpha value is -1.60. The highest BCUT2D eigenvalue weighted by Gasteiger charge is 2.27. The largest absolute Gasteiger partial charge is 0.367 e. The van der Waals surface area contributed by atoms with Crippen molar-refractivity contribution in [2.45, 2.75) is 13.0 Å². The minimum Gasteiger partial charge on any atom is -0.367 e. The molecule has 2 atom stereocenters. The Bertz CT molecular complexity index is 386. The number of hydrogen-bond acceptors (Lipinski definition) is 4. The Labute approximate surface area is 89.3 Å². The van der Waals surface area contributed by atoms with E-state index in [2.05, 4.69) is 22.9 Å². The second-order valence-corrected chi connectivity index (χ2v) is 4.03. The number of nitriles is 1. The van der Waals surface area contributed by atoms with Crippen molar-refractivity contribution >= 4 is 5.69 Å². The summed E-state index contributed by atoms with van der Waals surface area (Å²) in [5, 5.41) is 8.94. The Morgan fingerprint density at radius 1 is 1.60 bits per heavy atom. The first-order valence-corrected chi connectivity index (χ1v) is 5.08. The van der Waals surface area contributed by atoms with Crippen molar-refractivity contribution in [2.24, 2.45) is 11.7 Å². The van der Waals surface area contributed by atoms with Crippen LogP contribution in [0.25, 0.3) is 0 Å². The van der Waals surface area contributed by atoms with Gasteiger partial charge in [-0.1, -0.05) is 6.92 Å². The molecule has 1 aliphatic rings. The summed E-state index contributed by atoms with van der Waals surface area (Å²) in [5.41, 5.74) is 7.34. The Morgan fingerprint density at radius 2 is 2.40 bits per heavy atom. The van der Waals surface area contributed by atoms with Crippen LogP contribution in [0.2, 0.25) is 0 Å². The molecule has 0 aromatic carbocycles. The average molecular weight is 202 g/mol. The van der Waals surface area contributed by atoms with Gasteiger partial charge < -0.3 is 10.6 Å². The molecule has 4 nitrogen and oxygen atoms in total. The number of nitrogens with two attached hydrogens (primary N) is 1. The molecule has 4 heteroatoms. The highest BCUT2D eigenvalue weighted by Crippen LogP contribution is 2.24. The van der Waals surface area contributed by atoms with E-state index in [1.807, 2.05) is 12.1 Å². The molecule has 0 radical (unpaired) electrons. The second kappa shape index (κ2) is 3.87. The molecule has 0 aliphatic carbocycles. The van der Waals surface area contributed by atoms with Gasteiger partial charge >= 0.3 is 0 Å². The van der Waals surface area contributed by atoms with Crippen LogP contribution >= 0.6 is 0 Å². The molecule has 0 spiro atoms. The van der Waals surface area contributed by atoms with Gasteiger partial charge in [-0.05, 0) is 18.1 Å². The third-order valence-corrected chi connectivity index (χ3v) is 2.90. The molecule has 1 aromatic rings. The fourth-order valence-corrected chi connectivity index (χ4v) is 1.93. The van der Waals surface area contributed by atoms with Crippen LogP contribution in [0.3, 0.4) is 0 Å². The van der Waals surface area contributed by atoms with Crippen molar-refractivity contribution in [3.63, 3.8) is 0 Å². The number of hydrogen-bond donors (Lipinski definition) is 1. The lowest BCUT2D eigenvalue weighted by Crippen LogP contribution is -2.28. The summed E-state index contributed by atoms with van der Waals surface area (Å²) < 4.78 is 0. The first kappa shape index (κ1) is 9.94. The lowest BCUT2D eigenvalue weighted by atomic mass is 10.1. The molecule has 0 amide bonds. The van der Waals surface area contributed by atoms with Crippen LogP contribution in [0, 0.1) is 17.2 Å². The second-order valence-electron chi connectivity index (χ2n) is 4.03. The minimum atomic E-state index is 0.191. The summed E-state index contributed by atoms with van der Waals surface area (Å²) in [4.78, 5) is 6.19. The van der Waals surface area contributed by atoms with E-state index in [1.165, 1.54) is 0 Å². The van der Waals surface area contributed by atoms with E-state index in [9.17, 15) is 0 Å². The van der Waals surface area contributed by atoms with E-state index in [1.54, 1.807) is 6.20 Å². The zero-order valence-corrected chi connectivity index (χ0v) is 8.72. The van der Waals surface area contributed by atoms with Gasteiger partial charge in [0.25, 0.3) is 0 Å². The van der Waals surface area contributed by atoms with Crippen molar-refractivity contribution in [3.05, 3.63) is 24.0 Å². The SMILES string of the molecule is CC1CN(c2cccnc2C#N)CC1N. The summed E-state index contributed by atoms with van der Waals surface area (Å²) in [6.07, 6.45) is 1.64. The summed E-state index contributed by atoms with van der Waals surface area (Å²) in [6.45, 7) is 3.84. The number of rotatable bonds is 1. The first-order valence-electron chi connectivity index (χ1n) is 5.08. The normalized spacial score (nSPS) is 25.3. The number of nitrogens with zero attached hydrogens (tertiary/aromatic N) is 3. The lowest BCUT2D eigenvalue weighted by molar-refractivity contribution is 0.566. The maximum Gasteiger partial charge on any atom is 0.163 e. The molecule has 1 saturated heterocycles. The third-order valence-electron chi connectivity index (χ3n) is 2.90. The van der Waals surface area contributed by atoms with Crippen molar-refractivity contribution in [3.8, 4) is 6.07 Å². The summed E-state index contributed by atoms with van der Waals surface area (Å²) in [7, 11) is 0. The van der Waals surface area contributed by atoms with E-state index in [0.29, 0.717) is 11.6 Å². The van der Waals surface area contributed by atoms with Crippen LogP contribution in [-0.2, 0) is 0 Å². The smallest absolute Gasteiger partial charge is 0.163 e. The fourth-order valence-electron chi connectivity index (χ4n) is 1.93. The molecule has 2 heterocycles. The van der Waals surface area contributed by atoms with Gasteiger partial charge in [0.05, 0.1) is 5.69 Å². The van der Waals surface area contributed by atoms with E-state index >= 15 is 0 Å². The molecule has 1 aliphatic heterocycles. The van der Waals surface area contributed by atoms with Crippen LogP contribution in [-0.4, -0.2) is 24.1 Å². The predicted molar refractivity (Wildman–Crippen MR) is 58.3 cm³/mol. The molecule has 78 valence electrons. The van der Waals surface area contributed by atoms with Crippen molar-refractivity contribution in [2.75, 3.05) is 18.0 Å². The van der Waals surface area contributed by atoms with Crippen molar-refractivity contribution < 1.29 is 0 Å². The monoisotopic (exact) mass is 202 g/mol. The van der Waals surface area contributed by atoms with Crippen LogP contribution < -0.4 is 10.6 Å². The molecule has 0 bridgehead atoms. The van der Waals surface area contributed by atoms with Crippen molar-refractivity contribution in [1.82, 2.24) is 4.98 Å². The standard InChI is InChI=1S/C11H14N4/c1-8-6-15(7-9(8)13)11-3-2-4-14-10(11)5-12/h2-4,8-9H,6-7,13H2,1H3. The molecule has 2 N–H and O–H groups in total. The number of anilines is 1. The Morgan fingerprint density at radius 3 is 3.00 bits per heavy atom. The molecule has 1 fully saturated rings. The lowest BCUT2D eigenvalue weighted by Gasteiger charge is -2.18.